The van der Waals surface area contributed by atoms with Crippen molar-refractivity contribution in [2.75, 3.05) is 25.7 Å². The Morgan fingerprint density at radius 1 is 1.29 bits per heavy atom. The zero-order valence-electron chi connectivity index (χ0n) is 15.6. The van der Waals surface area contributed by atoms with Crippen molar-refractivity contribution in [2.45, 2.75) is 13.0 Å². The minimum absolute atomic E-state index is 0.247. The van der Waals surface area contributed by atoms with Crippen LogP contribution in [0.5, 0.6) is 11.6 Å². The highest BCUT2D eigenvalue weighted by atomic mass is 79.9. The van der Waals surface area contributed by atoms with E-state index in [0.29, 0.717) is 29.1 Å². The first-order valence-corrected chi connectivity index (χ1v) is 11.3. The third kappa shape index (κ3) is 4.22. The molecule has 0 saturated carbocycles. The molecule has 0 saturated heterocycles. The summed E-state index contributed by atoms with van der Waals surface area (Å²) in [7, 11) is -1.93. The Bertz CT molecular complexity index is 1170. The standard InChI is InChI=1S/C18H20BrN3O5S/c1-4-27-17-16(26-2)8-6-12(20-17)15(10-28(3,24)25)22-14-7-5-11(19)9-13(14)21-18(22)23/h5-9,15H,4,10H2,1-3H3,(H,21,23)/t15-/m1/s1. The van der Waals surface area contributed by atoms with Gasteiger partial charge in [0, 0.05) is 10.7 Å². The fourth-order valence-electron chi connectivity index (χ4n) is 3.01. The maximum absolute atomic E-state index is 12.7. The number of nitrogens with zero attached hydrogens (tertiary/aromatic N) is 2. The zero-order valence-corrected chi connectivity index (χ0v) is 18.0. The molecule has 150 valence electrons. The summed E-state index contributed by atoms with van der Waals surface area (Å²) in [5.74, 6) is 0.386. The first-order chi connectivity index (χ1) is 13.2. The van der Waals surface area contributed by atoms with E-state index in [4.69, 9.17) is 9.47 Å². The predicted octanol–water partition coefficient (Wildman–Crippen LogP) is 2.53. The van der Waals surface area contributed by atoms with E-state index in [1.54, 1.807) is 30.3 Å². The molecule has 0 bridgehead atoms. The smallest absolute Gasteiger partial charge is 0.327 e. The van der Waals surface area contributed by atoms with Crippen molar-refractivity contribution >= 4 is 36.8 Å². The van der Waals surface area contributed by atoms with E-state index in [-0.39, 0.29) is 11.6 Å². The van der Waals surface area contributed by atoms with Crippen LogP contribution in [0.1, 0.15) is 18.7 Å². The number of benzene rings is 1. The molecule has 0 fully saturated rings. The molecular formula is C18H20BrN3O5S. The maximum Gasteiger partial charge on any atom is 0.327 e. The second-order valence-electron chi connectivity index (χ2n) is 6.25. The molecule has 1 atom stereocenters. The molecule has 0 spiro atoms. The summed E-state index contributed by atoms with van der Waals surface area (Å²) >= 11 is 3.37. The molecule has 0 aliphatic rings. The Morgan fingerprint density at radius 2 is 2.04 bits per heavy atom. The number of hydrogen-bond acceptors (Lipinski definition) is 6. The fourth-order valence-corrected chi connectivity index (χ4v) is 4.27. The number of methoxy groups -OCH3 is 1. The van der Waals surface area contributed by atoms with E-state index in [1.807, 2.05) is 6.92 Å². The number of sulfone groups is 1. The van der Waals surface area contributed by atoms with Crippen molar-refractivity contribution in [2.24, 2.45) is 0 Å². The molecule has 10 heteroatoms. The van der Waals surface area contributed by atoms with Gasteiger partial charge in [-0.15, -0.1) is 0 Å². The van der Waals surface area contributed by atoms with E-state index in [1.165, 1.54) is 11.7 Å². The van der Waals surface area contributed by atoms with E-state index >= 15 is 0 Å². The van der Waals surface area contributed by atoms with Crippen molar-refractivity contribution in [3.8, 4) is 11.6 Å². The normalized spacial score (nSPS) is 12.9. The van der Waals surface area contributed by atoms with Gasteiger partial charge in [-0.25, -0.2) is 18.2 Å². The van der Waals surface area contributed by atoms with Crippen molar-refractivity contribution in [3.05, 3.63) is 51.0 Å². The van der Waals surface area contributed by atoms with Crippen molar-refractivity contribution in [1.82, 2.24) is 14.5 Å². The highest BCUT2D eigenvalue weighted by Crippen LogP contribution is 2.30. The maximum atomic E-state index is 12.7. The number of halogens is 1. The molecule has 3 aromatic rings. The SMILES string of the molecule is CCOc1nc([C@@H](CS(C)(=O)=O)n2c(=O)[nH]c3cc(Br)ccc32)ccc1OC. The Labute approximate surface area is 170 Å². The average molecular weight is 470 g/mol. The van der Waals surface area contributed by atoms with Crippen molar-refractivity contribution < 1.29 is 17.9 Å². The van der Waals surface area contributed by atoms with Crippen LogP contribution in [0.4, 0.5) is 0 Å². The molecule has 0 radical (unpaired) electrons. The molecule has 0 amide bonds. The molecule has 2 heterocycles. The number of hydrogen-bond donors (Lipinski definition) is 1. The van der Waals surface area contributed by atoms with Crippen LogP contribution in [0.2, 0.25) is 0 Å². The van der Waals surface area contributed by atoms with Gasteiger partial charge in [0.05, 0.1) is 42.2 Å². The number of imidazole rings is 1. The van der Waals surface area contributed by atoms with Crippen LogP contribution in [0.3, 0.4) is 0 Å². The van der Waals surface area contributed by atoms with Crippen LogP contribution >= 0.6 is 15.9 Å². The van der Waals surface area contributed by atoms with Crippen LogP contribution in [-0.2, 0) is 9.84 Å². The molecule has 8 nitrogen and oxygen atoms in total. The minimum Gasteiger partial charge on any atom is -0.491 e. The monoisotopic (exact) mass is 469 g/mol. The number of aromatic amines is 1. The summed E-state index contributed by atoms with van der Waals surface area (Å²) in [6, 6.07) is 7.76. The van der Waals surface area contributed by atoms with Gasteiger partial charge < -0.3 is 14.5 Å². The van der Waals surface area contributed by atoms with Crippen molar-refractivity contribution in [1.29, 1.82) is 0 Å². The number of H-pyrrole nitrogens is 1. The van der Waals surface area contributed by atoms with Gasteiger partial charge in [-0.2, -0.15) is 0 Å². The van der Waals surface area contributed by atoms with Crippen LogP contribution < -0.4 is 15.2 Å². The number of nitrogens with one attached hydrogen (secondary N) is 1. The van der Waals surface area contributed by atoms with Gasteiger partial charge in [-0.3, -0.25) is 4.57 Å². The molecular weight excluding hydrogens is 450 g/mol. The molecule has 0 unspecified atom stereocenters. The number of rotatable bonds is 7. The molecule has 1 N–H and O–H groups in total. The lowest BCUT2D eigenvalue weighted by molar-refractivity contribution is 0.296. The van der Waals surface area contributed by atoms with Crippen LogP contribution in [-0.4, -0.2) is 48.7 Å². The lowest BCUT2D eigenvalue weighted by atomic mass is 10.2. The van der Waals surface area contributed by atoms with Gasteiger partial charge in [0.1, 0.15) is 9.84 Å². The Kier molecular flexibility index (Phi) is 5.80. The van der Waals surface area contributed by atoms with E-state index in [9.17, 15) is 13.2 Å². The zero-order chi connectivity index (χ0) is 20.5. The third-order valence-corrected chi connectivity index (χ3v) is 5.55. The molecule has 1 aromatic carbocycles. The quantitative estimate of drug-likeness (QED) is 0.570. The summed E-state index contributed by atoms with van der Waals surface area (Å²) in [6.07, 6.45) is 1.13. The van der Waals surface area contributed by atoms with Gasteiger partial charge in [0.15, 0.2) is 5.75 Å². The summed E-state index contributed by atoms with van der Waals surface area (Å²) in [6.45, 7) is 2.18. The molecule has 0 aliphatic carbocycles. The topological polar surface area (TPSA) is 103 Å². The van der Waals surface area contributed by atoms with Crippen molar-refractivity contribution in [3.63, 3.8) is 0 Å². The first-order valence-electron chi connectivity index (χ1n) is 8.48. The predicted molar refractivity (Wildman–Crippen MR) is 110 cm³/mol. The first kappa shape index (κ1) is 20.4. The number of fused-ring (bicyclic) bond motifs is 1. The van der Waals surface area contributed by atoms with Gasteiger partial charge >= 0.3 is 5.69 Å². The summed E-state index contributed by atoms with van der Waals surface area (Å²) in [5.41, 5.74) is 1.15. The Morgan fingerprint density at radius 3 is 2.68 bits per heavy atom. The van der Waals surface area contributed by atoms with E-state index in [0.717, 1.165) is 10.7 Å². The second-order valence-corrected chi connectivity index (χ2v) is 9.35. The summed E-state index contributed by atoms with van der Waals surface area (Å²) in [5, 5.41) is 0. The molecule has 3 rings (SSSR count). The Hall–Kier alpha value is -2.33. The number of pyridine rings is 1. The van der Waals surface area contributed by atoms with Gasteiger partial charge in [0.25, 0.3) is 5.88 Å². The lowest BCUT2D eigenvalue weighted by Crippen LogP contribution is -2.29. The van der Waals surface area contributed by atoms with E-state index in [2.05, 4.69) is 25.9 Å². The minimum atomic E-state index is -3.43. The van der Waals surface area contributed by atoms with Gasteiger partial charge in [-0.1, -0.05) is 15.9 Å². The summed E-state index contributed by atoms with van der Waals surface area (Å²) < 4.78 is 37.2. The lowest BCUT2D eigenvalue weighted by Gasteiger charge is -2.19. The molecule has 2 aromatic heterocycles. The fraction of sp³-hybridized carbons (Fsp3) is 0.333. The molecule has 0 aliphatic heterocycles. The highest BCUT2D eigenvalue weighted by molar-refractivity contribution is 9.10. The summed E-state index contributed by atoms with van der Waals surface area (Å²) in [4.78, 5) is 19.9. The highest BCUT2D eigenvalue weighted by Gasteiger charge is 2.26. The second kappa shape index (κ2) is 7.96. The number of ether oxygens (including phenoxy) is 2. The van der Waals surface area contributed by atoms with Crippen LogP contribution in [0, 0.1) is 0 Å². The average Bonchev–Trinajstić information content (AvgIpc) is 2.94. The van der Waals surface area contributed by atoms with Crippen LogP contribution in [0.25, 0.3) is 11.0 Å². The van der Waals surface area contributed by atoms with Gasteiger partial charge in [0.2, 0.25) is 0 Å². The van der Waals surface area contributed by atoms with Crippen LogP contribution in [0.15, 0.2) is 39.6 Å². The van der Waals surface area contributed by atoms with E-state index < -0.39 is 21.6 Å². The number of aromatic nitrogens is 3. The molecule has 28 heavy (non-hydrogen) atoms. The largest absolute Gasteiger partial charge is 0.491 e. The third-order valence-electron chi connectivity index (χ3n) is 4.14. The Balaban J connectivity index is 2.23. The van der Waals surface area contributed by atoms with Gasteiger partial charge in [-0.05, 0) is 37.3 Å².